The van der Waals surface area contributed by atoms with Gasteiger partial charge in [0.25, 0.3) is 0 Å². The van der Waals surface area contributed by atoms with Crippen LogP contribution >= 0.6 is 0 Å². The lowest BCUT2D eigenvalue weighted by Gasteiger charge is -2.32. The highest BCUT2D eigenvalue weighted by atomic mass is 16.1. The summed E-state index contributed by atoms with van der Waals surface area (Å²) in [4.78, 5) is 13.3. The lowest BCUT2D eigenvalue weighted by molar-refractivity contribution is -0.117. The number of carbonyl (C=O) groups excluding carboxylic acids is 1. The van der Waals surface area contributed by atoms with E-state index >= 15 is 0 Å². The van der Waals surface area contributed by atoms with E-state index < -0.39 is 0 Å². The molecule has 1 atom stereocenters. The number of aldehydes is 1. The molecular weight excluding hydrogens is 162 g/mol. The normalized spacial score (nSPS) is 23.5. The maximum absolute atomic E-state index is 11.0. The van der Waals surface area contributed by atoms with Crippen LogP contribution in [0.2, 0.25) is 0 Å². The lowest BCUT2D eigenvalue weighted by atomic mass is 9.97. The number of allylic oxidation sites excluding steroid dienone is 1. The molecule has 1 heterocycles. The molecule has 1 saturated heterocycles. The highest BCUT2D eigenvalue weighted by molar-refractivity contribution is 5.64. The van der Waals surface area contributed by atoms with Gasteiger partial charge in [0.1, 0.15) is 6.29 Å². The highest BCUT2D eigenvalue weighted by Gasteiger charge is 2.31. The monoisotopic (exact) mass is 181 g/mol. The fourth-order valence-electron chi connectivity index (χ4n) is 1.84. The fraction of sp³-hybridized carbons (Fsp3) is 0.727. The molecule has 0 N–H and O–H groups in total. The summed E-state index contributed by atoms with van der Waals surface area (Å²) in [6, 6.07) is 0. The minimum Gasteiger partial charge on any atom is -0.301 e. The van der Waals surface area contributed by atoms with Gasteiger partial charge in [-0.1, -0.05) is 12.2 Å². The Bertz CT molecular complexity index is 194. The summed E-state index contributed by atoms with van der Waals surface area (Å²) in [5, 5.41) is 0. The molecule has 1 aliphatic heterocycles. The van der Waals surface area contributed by atoms with E-state index in [0.29, 0.717) is 0 Å². The Morgan fingerprint density at radius 2 is 2.00 bits per heavy atom. The number of carbonyl (C=O) groups is 1. The van der Waals surface area contributed by atoms with Crippen molar-refractivity contribution in [3.63, 3.8) is 0 Å². The third-order valence-corrected chi connectivity index (χ3v) is 2.85. The molecule has 0 aromatic rings. The van der Waals surface area contributed by atoms with Crippen molar-refractivity contribution in [3.8, 4) is 0 Å². The zero-order chi connectivity index (χ0) is 9.73. The van der Waals surface area contributed by atoms with Crippen molar-refractivity contribution in [2.75, 3.05) is 13.1 Å². The van der Waals surface area contributed by atoms with Gasteiger partial charge in [-0.15, -0.1) is 0 Å². The van der Waals surface area contributed by atoms with Gasteiger partial charge in [-0.2, -0.15) is 0 Å². The van der Waals surface area contributed by atoms with Crippen molar-refractivity contribution in [3.05, 3.63) is 12.2 Å². The number of hydrogen-bond acceptors (Lipinski definition) is 2. The molecule has 13 heavy (non-hydrogen) atoms. The van der Waals surface area contributed by atoms with Crippen LogP contribution in [0.5, 0.6) is 0 Å². The minimum atomic E-state index is -0.261. The molecule has 2 nitrogen and oxygen atoms in total. The van der Waals surface area contributed by atoms with Gasteiger partial charge in [-0.05, 0) is 46.2 Å². The van der Waals surface area contributed by atoms with E-state index in [2.05, 4.69) is 11.0 Å². The largest absolute Gasteiger partial charge is 0.301 e. The molecule has 0 aromatic heterocycles. The molecule has 0 aliphatic carbocycles. The standard InChI is InChI=1S/C11H19NO/c1-3-4-7-11(2,10-13)12-8-5-6-9-12/h3-4,10H,5-9H2,1-2H3/b4-3+. The van der Waals surface area contributed by atoms with E-state index in [1.165, 1.54) is 12.8 Å². The molecule has 1 unspecified atom stereocenters. The average molecular weight is 181 g/mol. The van der Waals surface area contributed by atoms with Crippen molar-refractivity contribution in [2.24, 2.45) is 0 Å². The summed E-state index contributed by atoms with van der Waals surface area (Å²) < 4.78 is 0. The Kier molecular flexibility index (Phi) is 3.67. The summed E-state index contributed by atoms with van der Waals surface area (Å²) >= 11 is 0. The fourth-order valence-corrected chi connectivity index (χ4v) is 1.84. The van der Waals surface area contributed by atoms with E-state index in [-0.39, 0.29) is 5.54 Å². The average Bonchev–Trinajstić information content (AvgIpc) is 2.67. The van der Waals surface area contributed by atoms with Crippen molar-refractivity contribution in [1.82, 2.24) is 4.90 Å². The second-order valence-electron chi connectivity index (χ2n) is 3.94. The maximum Gasteiger partial charge on any atom is 0.140 e. The van der Waals surface area contributed by atoms with E-state index in [0.717, 1.165) is 25.8 Å². The maximum atomic E-state index is 11.0. The molecule has 0 saturated carbocycles. The van der Waals surface area contributed by atoms with Crippen LogP contribution in [-0.4, -0.2) is 29.8 Å². The summed E-state index contributed by atoms with van der Waals surface area (Å²) in [5.41, 5.74) is -0.261. The minimum absolute atomic E-state index is 0.261. The predicted molar refractivity (Wildman–Crippen MR) is 54.7 cm³/mol. The second-order valence-corrected chi connectivity index (χ2v) is 3.94. The Balaban J connectivity index is 2.60. The van der Waals surface area contributed by atoms with E-state index in [4.69, 9.17) is 0 Å². The van der Waals surface area contributed by atoms with Gasteiger partial charge in [0.2, 0.25) is 0 Å². The summed E-state index contributed by atoms with van der Waals surface area (Å²) in [5.74, 6) is 0. The molecule has 0 spiro atoms. The Morgan fingerprint density at radius 3 is 2.46 bits per heavy atom. The topological polar surface area (TPSA) is 20.3 Å². The highest BCUT2D eigenvalue weighted by Crippen LogP contribution is 2.22. The molecule has 74 valence electrons. The molecule has 0 radical (unpaired) electrons. The van der Waals surface area contributed by atoms with E-state index in [1.807, 2.05) is 19.9 Å². The molecular formula is C11H19NO. The number of nitrogens with zero attached hydrogens (tertiary/aromatic N) is 1. The van der Waals surface area contributed by atoms with Crippen LogP contribution < -0.4 is 0 Å². The van der Waals surface area contributed by atoms with Crippen LogP contribution in [0, 0.1) is 0 Å². The Labute approximate surface area is 80.6 Å². The first-order valence-corrected chi connectivity index (χ1v) is 5.05. The zero-order valence-electron chi connectivity index (χ0n) is 8.62. The third-order valence-electron chi connectivity index (χ3n) is 2.85. The second kappa shape index (κ2) is 4.56. The molecule has 1 aliphatic rings. The van der Waals surface area contributed by atoms with Crippen molar-refractivity contribution < 1.29 is 4.79 Å². The van der Waals surface area contributed by atoms with Crippen molar-refractivity contribution in [1.29, 1.82) is 0 Å². The lowest BCUT2D eigenvalue weighted by Crippen LogP contribution is -2.45. The van der Waals surface area contributed by atoms with Gasteiger partial charge in [-0.25, -0.2) is 0 Å². The zero-order valence-corrected chi connectivity index (χ0v) is 8.62. The molecule has 1 rings (SSSR count). The van der Waals surface area contributed by atoms with Crippen LogP contribution in [0.4, 0.5) is 0 Å². The number of likely N-dealkylation sites (tertiary alicyclic amines) is 1. The first-order valence-electron chi connectivity index (χ1n) is 5.05. The Morgan fingerprint density at radius 1 is 1.38 bits per heavy atom. The van der Waals surface area contributed by atoms with Gasteiger partial charge < -0.3 is 4.79 Å². The van der Waals surface area contributed by atoms with Gasteiger partial charge in [-0.3, -0.25) is 4.90 Å². The number of rotatable bonds is 4. The summed E-state index contributed by atoms with van der Waals surface area (Å²) in [7, 11) is 0. The Hall–Kier alpha value is -0.630. The van der Waals surface area contributed by atoms with Crippen LogP contribution in [0.25, 0.3) is 0 Å². The van der Waals surface area contributed by atoms with Gasteiger partial charge in [0.15, 0.2) is 0 Å². The van der Waals surface area contributed by atoms with Crippen LogP contribution in [0.15, 0.2) is 12.2 Å². The molecule has 0 amide bonds. The summed E-state index contributed by atoms with van der Waals surface area (Å²) in [6.07, 6.45) is 8.49. The molecule has 1 fully saturated rings. The van der Waals surface area contributed by atoms with Gasteiger partial charge in [0, 0.05) is 0 Å². The van der Waals surface area contributed by atoms with E-state index in [9.17, 15) is 4.79 Å². The van der Waals surface area contributed by atoms with Crippen LogP contribution in [0.3, 0.4) is 0 Å². The van der Waals surface area contributed by atoms with Crippen molar-refractivity contribution >= 4 is 6.29 Å². The van der Waals surface area contributed by atoms with Crippen molar-refractivity contribution in [2.45, 2.75) is 38.6 Å². The first-order chi connectivity index (χ1) is 6.23. The first kappa shape index (κ1) is 10.5. The van der Waals surface area contributed by atoms with Gasteiger partial charge >= 0.3 is 0 Å². The molecule has 0 aromatic carbocycles. The SMILES string of the molecule is C/C=C/CC(C)(C=O)N1CCCC1. The van der Waals surface area contributed by atoms with E-state index in [1.54, 1.807) is 0 Å². The predicted octanol–water partition coefficient (Wildman–Crippen LogP) is 2.01. The summed E-state index contributed by atoms with van der Waals surface area (Å²) in [6.45, 7) is 6.18. The molecule has 2 heteroatoms. The van der Waals surface area contributed by atoms with Crippen LogP contribution in [0.1, 0.15) is 33.1 Å². The third kappa shape index (κ3) is 2.41. The quantitative estimate of drug-likeness (QED) is 0.488. The van der Waals surface area contributed by atoms with Gasteiger partial charge in [0.05, 0.1) is 5.54 Å². The van der Waals surface area contributed by atoms with Crippen LogP contribution in [-0.2, 0) is 4.79 Å². The smallest absolute Gasteiger partial charge is 0.140 e. The number of hydrogen-bond donors (Lipinski definition) is 0. The molecule has 0 bridgehead atoms.